The molecular weight excluding hydrogens is 414 g/mol. The SMILES string of the molecule is COCCn1c(C(C)N(CCC(C)C)C(=O)CCc2ccccc2)nc2ccccc2c1=O. The topological polar surface area (TPSA) is 64.4 Å². The highest BCUT2D eigenvalue weighted by Crippen LogP contribution is 2.23. The number of methoxy groups -OCH3 is 1. The molecule has 0 bridgehead atoms. The first kappa shape index (κ1) is 24.6. The van der Waals surface area contributed by atoms with E-state index < -0.39 is 0 Å². The lowest BCUT2D eigenvalue weighted by Gasteiger charge is -2.31. The Morgan fingerprint density at radius 1 is 1.06 bits per heavy atom. The number of rotatable bonds is 11. The van der Waals surface area contributed by atoms with Crippen molar-refractivity contribution < 1.29 is 9.53 Å². The quantitative estimate of drug-likeness (QED) is 0.429. The number of ether oxygens (including phenoxy) is 1. The first-order chi connectivity index (χ1) is 15.9. The fraction of sp³-hybridized carbons (Fsp3) is 0.444. The first-order valence-corrected chi connectivity index (χ1v) is 11.7. The summed E-state index contributed by atoms with van der Waals surface area (Å²) in [5.41, 5.74) is 1.70. The molecule has 1 atom stereocenters. The molecule has 33 heavy (non-hydrogen) atoms. The van der Waals surface area contributed by atoms with Crippen molar-refractivity contribution in [2.75, 3.05) is 20.3 Å². The third-order valence-electron chi connectivity index (χ3n) is 5.99. The van der Waals surface area contributed by atoms with E-state index in [1.165, 1.54) is 0 Å². The molecule has 0 spiro atoms. The molecule has 0 aliphatic carbocycles. The van der Waals surface area contributed by atoms with Gasteiger partial charge in [0.15, 0.2) is 0 Å². The van der Waals surface area contributed by atoms with Crippen molar-refractivity contribution in [2.24, 2.45) is 5.92 Å². The van der Waals surface area contributed by atoms with Crippen LogP contribution in [0.3, 0.4) is 0 Å². The van der Waals surface area contributed by atoms with Crippen molar-refractivity contribution in [1.29, 1.82) is 0 Å². The molecule has 176 valence electrons. The standard InChI is InChI=1S/C27H35N3O3/c1-20(2)16-17-29(25(31)15-14-22-10-6-5-7-11-22)21(3)26-28-24-13-9-8-12-23(24)27(32)30(26)18-19-33-4/h5-13,20-21H,14-19H2,1-4H3. The van der Waals surface area contributed by atoms with E-state index in [-0.39, 0.29) is 17.5 Å². The second kappa shape index (κ2) is 11.8. The third-order valence-corrected chi connectivity index (χ3v) is 5.99. The van der Waals surface area contributed by atoms with Gasteiger partial charge in [-0.1, -0.05) is 56.3 Å². The minimum Gasteiger partial charge on any atom is -0.383 e. The van der Waals surface area contributed by atoms with Gasteiger partial charge >= 0.3 is 0 Å². The highest BCUT2D eigenvalue weighted by Gasteiger charge is 2.26. The Balaban J connectivity index is 1.95. The summed E-state index contributed by atoms with van der Waals surface area (Å²) in [6, 6.07) is 17.1. The monoisotopic (exact) mass is 449 g/mol. The van der Waals surface area contributed by atoms with Gasteiger partial charge in [0, 0.05) is 20.1 Å². The lowest BCUT2D eigenvalue weighted by molar-refractivity contribution is -0.133. The molecule has 1 aromatic heterocycles. The van der Waals surface area contributed by atoms with Crippen molar-refractivity contribution in [1.82, 2.24) is 14.5 Å². The zero-order valence-corrected chi connectivity index (χ0v) is 20.2. The van der Waals surface area contributed by atoms with Crippen molar-refractivity contribution in [3.63, 3.8) is 0 Å². The van der Waals surface area contributed by atoms with Crippen LogP contribution >= 0.6 is 0 Å². The zero-order chi connectivity index (χ0) is 23.8. The van der Waals surface area contributed by atoms with Gasteiger partial charge in [-0.2, -0.15) is 0 Å². The molecule has 0 N–H and O–H groups in total. The second-order valence-corrected chi connectivity index (χ2v) is 8.87. The molecule has 1 heterocycles. The fourth-order valence-electron chi connectivity index (χ4n) is 4.01. The highest BCUT2D eigenvalue weighted by molar-refractivity contribution is 5.78. The van der Waals surface area contributed by atoms with E-state index in [9.17, 15) is 9.59 Å². The van der Waals surface area contributed by atoms with Gasteiger partial charge in [0.1, 0.15) is 5.82 Å². The molecule has 0 fully saturated rings. The van der Waals surface area contributed by atoms with Crippen LogP contribution in [0.5, 0.6) is 0 Å². The van der Waals surface area contributed by atoms with Crippen molar-refractivity contribution in [2.45, 2.75) is 52.6 Å². The van der Waals surface area contributed by atoms with Crippen LogP contribution in [0.4, 0.5) is 0 Å². The Morgan fingerprint density at radius 3 is 2.45 bits per heavy atom. The van der Waals surface area contributed by atoms with Crippen molar-refractivity contribution in [3.05, 3.63) is 76.3 Å². The molecule has 6 nitrogen and oxygen atoms in total. The summed E-state index contributed by atoms with van der Waals surface area (Å²) in [5.74, 6) is 1.14. The number of benzene rings is 2. The molecule has 3 rings (SSSR count). The summed E-state index contributed by atoms with van der Waals surface area (Å²) in [7, 11) is 1.62. The minimum absolute atomic E-state index is 0.0766. The van der Waals surface area contributed by atoms with Gasteiger partial charge < -0.3 is 9.64 Å². The molecule has 0 radical (unpaired) electrons. The van der Waals surface area contributed by atoms with Gasteiger partial charge in [0.05, 0.1) is 30.1 Å². The average Bonchev–Trinajstić information content (AvgIpc) is 2.82. The van der Waals surface area contributed by atoms with E-state index in [1.807, 2.05) is 60.4 Å². The lowest BCUT2D eigenvalue weighted by Crippen LogP contribution is -2.39. The van der Waals surface area contributed by atoms with Gasteiger partial charge in [-0.05, 0) is 43.4 Å². The fourth-order valence-corrected chi connectivity index (χ4v) is 4.01. The summed E-state index contributed by atoms with van der Waals surface area (Å²) >= 11 is 0. The number of aromatic nitrogens is 2. The number of amides is 1. The van der Waals surface area contributed by atoms with Gasteiger partial charge in [-0.15, -0.1) is 0 Å². The third kappa shape index (κ3) is 6.29. The van der Waals surface area contributed by atoms with Gasteiger partial charge in [0.2, 0.25) is 5.91 Å². The molecule has 0 aliphatic rings. The Labute approximate surface area is 196 Å². The predicted octanol–water partition coefficient (Wildman–Crippen LogP) is 4.61. The lowest BCUT2D eigenvalue weighted by atomic mass is 10.1. The zero-order valence-electron chi connectivity index (χ0n) is 20.2. The number of nitrogens with zero attached hydrogens (tertiary/aromatic N) is 3. The number of carbonyl (C=O) groups is 1. The molecule has 1 unspecified atom stereocenters. The number of hydrogen-bond acceptors (Lipinski definition) is 4. The minimum atomic E-state index is -0.332. The molecule has 1 amide bonds. The number of hydrogen-bond donors (Lipinski definition) is 0. The molecule has 2 aromatic carbocycles. The van der Waals surface area contributed by atoms with Gasteiger partial charge in [-0.25, -0.2) is 4.98 Å². The van der Waals surface area contributed by atoms with Crippen LogP contribution in [0.2, 0.25) is 0 Å². The second-order valence-electron chi connectivity index (χ2n) is 8.87. The number of carbonyl (C=O) groups excluding carboxylic acids is 1. The summed E-state index contributed by atoms with van der Waals surface area (Å²) < 4.78 is 6.92. The van der Waals surface area contributed by atoms with E-state index >= 15 is 0 Å². The normalized spacial score (nSPS) is 12.3. The summed E-state index contributed by atoms with van der Waals surface area (Å²) in [4.78, 5) is 33.4. The van der Waals surface area contributed by atoms with Crippen molar-refractivity contribution >= 4 is 16.8 Å². The molecule has 0 aliphatic heterocycles. The Morgan fingerprint density at radius 2 is 1.76 bits per heavy atom. The van der Waals surface area contributed by atoms with Crippen LogP contribution in [0.1, 0.15) is 51.0 Å². The van der Waals surface area contributed by atoms with Crippen LogP contribution in [0, 0.1) is 5.92 Å². The Bertz CT molecular complexity index is 1110. The summed E-state index contributed by atoms with van der Waals surface area (Å²) in [5, 5.41) is 0.577. The van der Waals surface area contributed by atoms with Gasteiger partial charge in [-0.3, -0.25) is 14.2 Å². The molecule has 6 heteroatoms. The summed E-state index contributed by atoms with van der Waals surface area (Å²) in [6.07, 6.45) is 1.99. The molecule has 3 aromatic rings. The Hall–Kier alpha value is -2.99. The number of fused-ring (bicyclic) bond motifs is 1. The van der Waals surface area contributed by atoms with E-state index in [0.29, 0.717) is 55.2 Å². The first-order valence-electron chi connectivity index (χ1n) is 11.7. The number of aryl methyl sites for hydroxylation is 1. The van der Waals surface area contributed by atoms with Crippen LogP contribution in [0.25, 0.3) is 10.9 Å². The maximum atomic E-state index is 13.4. The smallest absolute Gasteiger partial charge is 0.261 e. The molecule has 0 saturated heterocycles. The van der Waals surface area contributed by atoms with E-state index in [2.05, 4.69) is 13.8 Å². The largest absolute Gasteiger partial charge is 0.383 e. The van der Waals surface area contributed by atoms with Gasteiger partial charge in [0.25, 0.3) is 5.56 Å². The van der Waals surface area contributed by atoms with Crippen LogP contribution in [-0.4, -0.2) is 40.6 Å². The summed E-state index contributed by atoms with van der Waals surface area (Å²) in [6.45, 7) is 7.69. The van der Waals surface area contributed by atoms with Crippen LogP contribution in [0.15, 0.2) is 59.4 Å². The van der Waals surface area contributed by atoms with Crippen LogP contribution < -0.4 is 5.56 Å². The molecule has 0 saturated carbocycles. The van der Waals surface area contributed by atoms with Crippen LogP contribution in [-0.2, 0) is 22.5 Å². The van der Waals surface area contributed by atoms with Crippen molar-refractivity contribution in [3.8, 4) is 0 Å². The van der Waals surface area contributed by atoms with E-state index in [1.54, 1.807) is 17.7 Å². The Kier molecular flexibility index (Phi) is 8.78. The average molecular weight is 450 g/mol. The maximum Gasteiger partial charge on any atom is 0.261 e. The van der Waals surface area contributed by atoms with E-state index in [4.69, 9.17) is 9.72 Å². The van der Waals surface area contributed by atoms with E-state index in [0.717, 1.165) is 12.0 Å². The molecular formula is C27H35N3O3. The predicted molar refractivity (Wildman–Crippen MR) is 132 cm³/mol. The maximum absolute atomic E-state index is 13.4. The number of para-hydroxylation sites is 1. The highest BCUT2D eigenvalue weighted by atomic mass is 16.5.